The van der Waals surface area contributed by atoms with E-state index in [4.69, 9.17) is 37.9 Å². The molecule has 11 nitrogen and oxygen atoms in total. The molecule has 11 heteroatoms. The van der Waals surface area contributed by atoms with Crippen molar-refractivity contribution >= 4 is 11.9 Å². The second-order valence-electron chi connectivity index (χ2n) is 14.9. The molecule has 2 aliphatic heterocycles. The highest BCUT2D eigenvalue weighted by Crippen LogP contribution is 2.45. The number of aryl methyl sites for hydroxylation is 1. The van der Waals surface area contributed by atoms with Gasteiger partial charge in [0.15, 0.2) is 23.0 Å². The Kier molecular flexibility index (Phi) is 15.0. The average Bonchev–Trinajstić information content (AvgIpc) is 3.24. The van der Waals surface area contributed by atoms with Gasteiger partial charge in [-0.05, 0) is 117 Å². The summed E-state index contributed by atoms with van der Waals surface area (Å²) >= 11 is 0. The second-order valence-corrected chi connectivity index (χ2v) is 14.9. The zero-order valence-electron chi connectivity index (χ0n) is 33.6. The number of hydrogen-bond acceptors (Lipinski definition) is 10. The summed E-state index contributed by atoms with van der Waals surface area (Å²) in [4.78, 5) is 31.5. The van der Waals surface area contributed by atoms with Crippen LogP contribution in [-0.2, 0) is 25.5 Å². The topological polar surface area (TPSA) is 111 Å². The van der Waals surface area contributed by atoms with Gasteiger partial charge in [0.2, 0.25) is 11.7 Å². The molecule has 6 rings (SSSR count). The normalized spacial score (nSPS) is 21.9. The van der Waals surface area contributed by atoms with Gasteiger partial charge in [-0.25, -0.2) is 4.79 Å². The minimum Gasteiger partial charge on any atom is -0.494 e. The van der Waals surface area contributed by atoms with Gasteiger partial charge < -0.3 is 42.8 Å². The van der Waals surface area contributed by atoms with Crippen LogP contribution in [0.5, 0.6) is 34.5 Å². The van der Waals surface area contributed by atoms with Gasteiger partial charge in [-0.2, -0.15) is 0 Å². The van der Waals surface area contributed by atoms with Crippen LogP contribution < -0.4 is 28.4 Å². The molecule has 1 amide bonds. The number of nitrogens with zero attached hydrogens (tertiary/aromatic N) is 1. The molecule has 0 spiro atoms. The Morgan fingerprint density at radius 2 is 1.46 bits per heavy atom. The van der Waals surface area contributed by atoms with Gasteiger partial charge in [0.05, 0.1) is 47.6 Å². The van der Waals surface area contributed by atoms with Crippen molar-refractivity contribution in [3.05, 3.63) is 71.3 Å². The molecule has 0 N–H and O–H groups in total. The lowest BCUT2D eigenvalue weighted by Gasteiger charge is -2.40. The summed E-state index contributed by atoms with van der Waals surface area (Å²) in [6, 6.07) is 16.8. The standard InChI is InChI=1S/C45H59NO10/c1-49-38-21-19-31(27-39(38)50-2)18-20-37-33-15-12-16-35(28-33)54-24-11-10-23-53-25-26-55-41-30-34(29-40(51-3)43(41)52-4)42(32-13-6-5-7-14-32)44(47)46-22-9-8-17-36(46)45(48)56-37/h12,15-16,19,21,27-30,32,36-37,42H,5-11,13-14,17-18,20,22-26H2,1-4H3/t36-,37+,42-/m0/s1. The van der Waals surface area contributed by atoms with Crippen molar-refractivity contribution in [3.63, 3.8) is 0 Å². The maximum absolute atomic E-state index is 15.1. The minimum atomic E-state index is -0.712. The maximum Gasteiger partial charge on any atom is 0.329 e. The molecule has 3 aromatic carbocycles. The van der Waals surface area contributed by atoms with Crippen LogP contribution in [0.1, 0.15) is 99.3 Å². The van der Waals surface area contributed by atoms with Crippen LogP contribution in [0, 0.1) is 5.92 Å². The van der Waals surface area contributed by atoms with Crippen LogP contribution in [0.3, 0.4) is 0 Å². The smallest absolute Gasteiger partial charge is 0.329 e. The Morgan fingerprint density at radius 3 is 2.25 bits per heavy atom. The summed E-state index contributed by atoms with van der Waals surface area (Å²) < 4.78 is 47.5. The number of carbonyl (C=O) groups is 2. The van der Waals surface area contributed by atoms with E-state index in [9.17, 15) is 4.79 Å². The maximum atomic E-state index is 15.1. The lowest BCUT2D eigenvalue weighted by atomic mass is 9.75. The number of cyclic esters (lactones) is 1. The van der Waals surface area contributed by atoms with Crippen molar-refractivity contribution in [1.82, 2.24) is 4.90 Å². The van der Waals surface area contributed by atoms with Gasteiger partial charge in [-0.1, -0.05) is 37.5 Å². The number of esters is 1. The molecule has 0 aromatic heterocycles. The number of benzene rings is 3. The zero-order chi connectivity index (χ0) is 39.3. The highest BCUT2D eigenvalue weighted by atomic mass is 16.6. The third-order valence-electron chi connectivity index (χ3n) is 11.3. The molecule has 2 fully saturated rings. The van der Waals surface area contributed by atoms with Crippen molar-refractivity contribution < 1.29 is 47.5 Å². The van der Waals surface area contributed by atoms with Gasteiger partial charge in [-0.3, -0.25) is 4.79 Å². The predicted octanol–water partition coefficient (Wildman–Crippen LogP) is 8.25. The zero-order valence-corrected chi connectivity index (χ0v) is 33.6. The Labute approximate surface area is 331 Å². The highest BCUT2D eigenvalue weighted by molar-refractivity contribution is 5.89. The predicted molar refractivity (Wildman–Crippen MR) is 212 cm³/mol. The summed E-state index contributed by atoms with van der Waals surface area (Å²) in [5.41, 5.74) is 2.67. The van der Waals surface area contributed by atoms with Crippen LogP contribution in [0.2, 0.25) is 0 Å². The molecule has 1 saturated carbocycles. The first-order valence-electron chi connectivity index (χ1n) is 20.3. The van der Waals surface area contributed by atoms with E-state index >= 15 is 4.79 Å². The van der Waals surface area contributed by atoms with Crippen LogP contribution in [-0.4, -0.2) is 84.2 Å². The van der Waals surface area contributed by atoms with E-state index in [2.05, 4.69) is 0 Å². The first kappa shape index (κ1) is 41.0. The van der Waals surface area contributed by atoms with Crippen molar-refractivity contribution in [1.29, 1.82) is 0 Å². The molecular weight excluding hydrogens is 714 g/mol. The molecule has 0 unspecified atom stereocenters. The molecule has 4 bridgehead atoms. The van der Waals surface area contributed by atoms with Crippen LogP contribution >= 0.6 is 0 Å². The Hall–Kier alpha value is -4.64. The summed E-state index contributed by atoms with van der Waals surface area (Å²) in [7, 11) is 6.42. The van der Waals surface area contributed by atoms with E-state index in [-0.39, 0.29) is 17.8 Å². The highest BCUT2D eigenvalue weighted by Gasteiger charge is 2.41. The van der Waals surface area contributed by atoms with E-state index in [0.29, 0.717) is 86.7 Å². The fraction of sp³-hybridized carbons (Fsp3) is 0.556. The fourth-order valence-electron chi connectivity index (χ4n) is 8.40. The molecule has 1 saturated heterocycles. The number of carbonyl (C=O) groups excluding carboxylic acids is 2. The van der Waals surface area contributed by atoms with Gasteiger partial charge in [0, 0.05) is 13.2 Å². The Bertz CT molecular complexity index is 1740. The van der Waals surface area contributed by atoms with E-state index in [1.807, 2.05) is 54.6 Å². The lowest BCUT2D eigenvalue weighted by molar-refractivity contribution is -0.163. The van der Waals surface area contributed by atoms with E-state index < -0.39 is 18.1 Å². The molecule has 3 aromatic rings. The molecule has 1 aliphatic carbocycles. The van der Waals surface area contributed by atoms with Crippen molar-refractivity contribution in [2.24, 2.45) is 5.92 Å². The summed E-state index contributed by atoms with van der Waals surface area (Å²) in [5, 5.41) is 0. The Morgan fingerprint density at radius 1 is 0.679 bits per heavy atom. The summed E-state index contributed by atoms with van der Waals surface area (Å²) in [6.45, 7) is 2.27. The largest absolute Gasteiger partial charge is 0.494 e. The lowest BCUT2D eigenvalue weighted by Crippen LogP contribution is -2.51. The first-order valence-corrected chi connectivity index (χ1v) is 20.3. The molecule has 2 heterocycles. The van der Waals surface area contributed by atoms with Crippen LogP contribution in [0.25, 0.3) is 0 Å². The van der Waals surface area contributed by atoms with Gasteiger partial charge in [0.1, 0.15) is 24.5 Å². The molecule has 3 atom stereocenters. The monoisotopic (exact) mass is 773 g/mol. The summed E-state index contributed by atoms with van der Waals surface area (Å²) in [6.07, 6.45) is 9.46. The Balaban J connectivity index is 1.35. The SMILES string of the molecule is COc1ccc(CC[C@H]2OC(=O)[C@@H]3CCCCN3C(=O)[C@@H](C3CCCCC3)c3cc(OC)c(OC)c(c3)OCCOCCCCOc3cccc2c3)cc1OC. The van der Waals surface area contributed by atoms with Gasteiger partial charge >= 0.3 is 5.97 Å². The second kappa shape index (κ2) is 20.5. The van der Waals surface area contributed by atoms with Crippen molar-refractivity contribution in [2.45, 2.75) is 95.1 Å². The van der Waals surface area contributed by atoms with E-state index in [0.717, 1.165) is 74.5 Å². The molecule has 304 valence electrons. The van der Waals surface area contributed by atoms with Crippen molar-refractivity contribution in [3.8, 4) is 34.5 Å². The average molecular weight is 774 g/mol. The fourth-order valence-corrected chi connectivity index (χ4v) is 8.40. The molecule has 3 aliphatic rings. The number of methoxy groups -OCH3 is 4. The minimum absolute atomic E-state index is 0.0560. The van der Waals surface area contributed by atoms with Gasteiger partial charge in [0.25, 0.3) is 0 Å². The number of hydrogen-bond donors (Lipinski definition) is 0. The van der Waals surface area contributed by atoms with Crippen LogP contribution in [0.15, 0.2) is 54.6 Å². The number of fused-ring (bicyclic) bond motifs is 5. The quantitative estimate of drug-likeness (QED) is 0.208. The number of piperidine rings is 1. The third-order valence-corrected chi connectivity index (χ3v) is 11.3. The summed E-state index contributed by atoms with van der Waals surface area (Å²) in [5.74, 6) is 2.64. The molecule has 0 radical (unpaired) electrons. The number of amides is 1. The first-order chi connectivity index (χ1) is 27.4. The van der Waals surface area contributed by atoms with Crippen molar-refractivity contribution in [2.75, 3.05) is 61.4 Å². The number of ether oxygens (including phenoxy) is 8. The molecule has 56 heavy (non-hydrogen) atoms. The van der Waals surface area contributed by atoms with E-state index in [1.54, 1.807) is 33.3 Å². The number of rotatable bonds is 8. The van der Waals surface area contributed by atoms with E-state index in [1.165, 1.54) is 0 Å². The molecular formula is C45H59NO10. The van der Waals surface area contributed by atoms with Crippen LogP contribution in [0.4, 0.5) is 0 Å². The van der Waals surface area contributed by atoms with Gasteiger partial charge in [-0.15, -0.1) is 0 Å². The third kappa shape index (κ3) is 10.2.